The van der Waals surface area contributed by atoms with Crippen molar-refractivity contribution in [3.63, 3.8) is 0 Å². The average Bonchev–Trinajstić information content (AvgIpc) is 3.59. The maximum Gasteiger partial charge on any atom is 0.237 e. The molecule has 28 heavy (non-hydrogen) atoms. The molecule has 1 amide bonds. The monoisotopic (exact) mass is 379 g/mol. The zero-order valence-electron chi connectivity index (χ0n) is 16.6. The summed E-state index contributed by atoms with van der Waals surface area (Å²) in [6.07, 6.45) is 2.26. The number of benzene rings is 2. The number of rotatable bonds is 7. The minimum absolute atomic E-state index is 0.256. The van der Waals surface area contributed by atoms with Crippen LogP contribution in [0.2, 0.25) is 0 Å². The van der Waals surface area contributed by atoms with E-state index in [-0.39, 0.29) is 5.91 Å². The summed E-state index contributed by atoms with van der Waals surface area (Å²) in [7, 11) is 1.67. The van der Waals surface area contributed by atoms with Gasteiger partial charge >= 0.3 is 0 Å². The van der Waals surface area contributed by atoms with Gasteiger partial charge in [-0.05, 0) is 42.7 Å². The number of hydrogen-bond acceptors (Lipinski definition) is 4. The number of hydrogen-bond donors (Lipinski definition) is 0. The predicted molar refractivity (Wildman–Crippen MR) is 112 cm³/mol. The SMILES string of the molecule is COc1ccc(CN(C(=O)CN2CCN(c3ccccc3)CC2)C2CC2)cc1. The van der Waals surface area contributed by atoms with Gasteiger partial charge in [0.05, 0.1) is 13.7 Å². The molecule has 2 fully saturated rings. The minimum atomic E-state index is 0.256. The van der Waals surface area contributed by atoms with E-state index in [1.165, 1.54) is 5.69 Å². The lowest BCUT2D eigenvalue weighted by Crippen LogP contribution is -2.50. The van der Waals surface area contributed by atoms with Crippen LogP contribution in [0.1, 0.15) is 18.4 Å². The van der Waals surface area contributed by atoms with Crippen LogP contribution in [0.3, 0.4) is 0 Å². The number of piperazine rings is 1. The van der Waals surface area contributed by atoms with Crippen LogP contribution < -0.4 is 9.64 Å². The van der Waals surface area contributed by atoms with Crippen LogP contribution in [0.25, 0.3) is 0 Å². The lowest BCUT2D eigenvalue weighted by atomic mass is 10.2. The molecule has 148 valence electrons. The lowest BCUT2D eigenvalue weighted by molar-refractivity contribution is -0.133. The van der Waals surface area contributed by atoms with E-state index in [1.54, 1.807) is 7.11 Å². The highest BCUT2D eigenvalue weighted by atomic mass is 16.5. The van der Waals surface area contributed by atoms with Crippen molar-refractivity contribution in [1.29, 1.82) is 0 Å². The summed E-state index contributed by atoms with van der Waals surface area (Å²) in [5, 5.41) is 0. The smallest absolute Gasteiger partial charge is 0.237 e. The Morgan fingerprint density at radius 1 is 1.00 bits per heavy atom. The molecule has 4 rings (SSSR count). The Hall–Kier alpha value is -2.53. The Balaban J connectivity index is 1.31. The zero-order valence-corrected chi connectivity index (χ0v) is 16.6. The first kappa shape index (κ1) is 18.8. The third kappa shape index (κ3) is 4.65. The second-order valence-corrected chi connectivity index (χ2v) is 7.70. The number of para-hydroxylation sites is 1. The third-order valence-electron chi connectivity index (χ3n) is 5.67. The van der Waals surface area contributed by atoms with E-state index in [4.69, 9.17) is 4.74 Å². The maximum absolute atomic E-state index is 13.0. The molecular weight excluding hydrogens is 350 g/mol. The van der Waals surface area contributed by atoms with E-state index in [0.29, 0.717) is 19.1 Å². The molecule has 1 aliphatic carbocycles. The first-order valence-electron chi connectivity index (χ1n) is 10.2. The molecule has 0 N–H and O–H groups in total. The van der Waals surface area contributed by atoms with Crippen molar-refractivity contribution in [3.05, 3.63) is 60.2 Å². The highest BCUT2D eigenvalue weighted by molar-refractivity contribution is 5.79. The number of ether oxygens (including phenoxy) is 1. The number of methoxy groups -OCH3 is 1. The Bertz CT molecular complexity index is 766. The number of anilines is 1. The summed E-state index contributed by atoms with van der Waals surface area (Å²) in [6, 6.07) is 19.0. The largest absolute Gasteiger partial charge is 0.497 e. The third-order valence-corrected chi connectivity index (χ3v) is 5.67. The van der Waals surface area contributed by atoms with Gasteiger partial charge in [-0.1, -0.05) is 30.3 Å². The highest BCUT2D eigenvalue weighted by Gasteiger charge is 2.33. The van der Waals surface area contributed by atoms with Crippen molar-refractivity contribution in [2.24, 2.45) is 0 Å². The molecule has 2 aromatic carbocycles. The summed E-state index contributed by atoms with van der Waals surface area (Å²) in [5.41, 5.74) is 2.43. The summed E-state index contributed by atoms with van der Waals surface area (Å²) in [6.45, 7) is 5.02. The van der Waals surface area contributed by atoms with Crippen LogP contribution in [0.4, 0.5) is 5.69 Å². The van der Waals surface area contributed by atoms with Crippen molar-refractivity contribution in [2.75, 3.05) is 44.7 Å². The highest BCUT2D eigenvalue weighted by Crippen LogP contribution is 2.29. The molecule has 5 nitrogen and oxygen atoms in total. The van der Waals surface area contributed by atoms with E-state index in [0.717, 1.165) is 50.3 Å². The fourth-order valence-electron chi connectivity index (χ4n) is 3.82. The maximum atomic E-state index is 13.0. The fourth-order valence-corrected chi connectivity index (χ4v) is 3.82. The van der Waals surface area contributed by atoms with Crippen LogP contribution >= 0.6 is 0 Å². The van der Waals surface area contributed by atoms with E-state index in [9.17, 15) is 4.79 Å². The number of carbonyl (C=O) groups excluding carboxylic acids is 1. The van der Waals surface area contributed by atoms with Gasteiger partial charge < -0.3 is 14.5 Å². The van der Waals surface area contributed by atoms with Gasteiger partial charge in [0, 0.05) is 44.5 Å². The van der Waals surface area contributed by atoms with Crippen molar-refractivity contribution >= 4 is 11.6 Å². The van der Waals surface area contributed by atoms with Crippen LogP contribution in [0.5, 0.6) is 5.75 Å². The molecule has 1 saturated carbocycles. The fraction of sp³-hybridized carbons (Fsp3) is 0.435. The molecule has 0 bridgehead atoms. The number of nitrogens with zero attached hydrogens (tertiary/aromatic N) is 3. The summed E-state index contributed by atoms with van der Waals surface area (Å²) < 4.78 is 5.23. The topological polar surface area (TPSA) is 36.0 Å². The van der Waals surface area contributed by atoms with Gasteiger partial charge in [-0.25, -0.2) is 0 Å². The van der Waals surface area contributed by atoms with Gasteiger partial charge in [-0.15, -0.1) is 0 Å². The number of amides is 1. The second-order valence-electron chi connectivity index (χ2n) is 7.70. The molecule has 1 saturated heterocycles. The molecule has 0 spiro atoms. The van der Waals surface area contributed by atoms with E-state index >= 15 is 0 Å². The molecule has 5 heteroatoms. The van der Waals surface area contributed by atoms with Gasteiger partial charge in [0.2, 0.25) is 5.91 Å². The lowest BCUT2D eigenvalue weighted by Gasteiger charge is -2.36. The molecule has 1 heterocycles. The average molecular weight is 380 g/mol. The molecule has 0 radical (unpaired) electrons. The summed E-state index contributed by atoms with van der Waals surface area (Å²) in [5.74, 6) is 1.11. The molecular formula is C23H29N3O2. The first-order chi connectivity index (χ1) is 13.7. The van der Waals surface area contributed by atoms with Gasteiger partial charge in [-0.3, -0.25) is 9.69 Å². The molecule has 0 atom stereocenters. The minimum Gasteiger partial charge on any atom is -0.497 e. The van der Waals surface area contributed by atoms with Gasteiger partial charge in [0.25, 0.3) is 0 Å². The van der Waals surface area contributed by atoms with Crippen molar-refractivity contribution in [2.45, 2.75) is 25.4 Å². The molecule has 0 unspecified atom stereocenters. The van der Waals surface area contributed by atoms with Gasteiger partial charge in [0.15, 0.2) is 0 Å². The normalized spacial score (nSPS) is 17.4. The van der Waals surface area contributed by atoms with Crippen molar-refractivity contribution < 1.29 is 9.53 Å². The van der Waals surface area contributed by atoms with Crippen LogP contribution in [0, 0.1) is 0 Å². The molecule has 0 aromatic heterocycles. The molecule has 2 aromatic rings. The Kier molecular flexibility index (Phi) is 5.81. The molecule has 2 aliphatic rings. The quantitative estimate of drug-likeness (QED) is 0.741. The van der Waals surface area contributed by atoms with Crippen LogP contribution in [0.15, 0.2) is 54.6 Å². The Morgan fingerprint density at radius 2 is 1.68 bits per heavy atom. The number of carbonyl (C=O) groups is 1. The van der Waals surface area contributed by atoms with Crippen LogP contribution in [-0.4, -0.2) is 61.6 Å². The van der Waals surface area contributed by atoms with Crippen LogP contribution in [-0.2, 0) is 11.3 Å². The standard InChI is InChI=1S/C23H29N3O2/c1-28-22-11-7-19(8-12-22)17-26(21-9-10-21)23(27)18-24-13-15-25(16-14-24)20-5-3-2-4-6-20/h2-8,11-12,21H,9-10,13-18H2,1H3. The summed E-state index contributed by atoms with van der Waals surface area (Å²) >= 11 is 0. The second kappa shape index (κ2) is 8.65. The first-order valence-corrected chi connectivity index (χ1v) is 10.2. The predicted octanol–water partition coefficient (Wildman–Crippen LogP) is 3.01. The summed E-state index contributed by atoms with van der Waals surface area (Å²) in [4.78, 5) is 19.8. The van der Waals surface area contributed by atoms with Crippen molar-refractivity contribution in [3.8, 4) is 5.75 Å². The van der Waals surface area contributed by atoms with E-state index in [2.05, 4.69) is 51.1 Å². The Morgan fingerprint density at radius 3 is 2.29 bits per heavy atom. The Labute approximate surface area is 167 Å². The van der Waals surface area contributed by atoms with E-state index < -0.39 is 0 Å². The van der Waals surface area contributed by atoms with Gasteiger partial charge in [-0.2, -0.15) is 0 Å². The van der Waals surface area contributed by atoms with E-state index in [1.807, 2.05) is 18.2 Å². The molecule has 1 aliphatic heterocycles. The van der Waals surface area contributed by atoms with Crippen molar-refractivity contribution in [1.82, 2.24) is 9.80 Å². The van der Waals surface area contributed by atoms with Gasteiger partial charge in [0.1, 0.15) is 5.75 Å². The zero-order chi connectivity index (χ0) is 19.3.